The molecule has 0 aliphatic carbocycles. The number of aryl methyl sites for hydroxylation is 4. The Kier molecular flexibility index (Phi) is 9.34. The van der Waals surface area contributed by atoms with Crippen molar-refractivity contribution >= 4 is 9.84 Å². The van der Waals surface area contributed by atoms with E-state index in [4.69, 9.17) is 19.7 Å². The Balaban J connectivity index is 2.63. The van der Waals surface area contributed by atoms with E-state index in [1.165, 1.54) is 0 Å². The van der Waals surface area contributed by atoms with Gasteiger partial charge in [0.25, 0.3) is 0 Å². The van der Waals surface area contributed by atoms with Crippen molar-refractivity contribution in [2.24, 2.45) is 0 Å². The number of aliphatic hydroxyl groups is 2. The predicted molar refractivity (Wildman–Crippen MR) is 121 cm³/mol. The summed E-state index contributed by atoms with van der Waals surface area (Å²) in [6.45, 7) is 7.95. The Bertz CT molecular complexity index is 858. The van der Waals surface area contributed by atoms with Crippen molar-refractivity contribution in [3.63, 3.8) is 0 Å². The highest BCUT2D eigenvalue weighted by Gasteiger charge is 2.24. The van der Waals surface area contributed by atoms with Crippen LogP contribution >= 0.6 is 0 Å². The first kappa shape index (κ1) is 25.2. The molecule has 6 nitrogen and oxygen atoms in total. The summed E-state index contributed by atoms with van der Waals surface area (Å²) in [5.41, 5.74) is 3.22. The van der Waals surface area contributed by atoms with Gasteiger partial charge in [-0.15, -0.1) is 0 Å². The Hall–Kier alpha value is -2.09. The lowest BCUT2D eigenvalue weighted by Gasteiger charge is -2.18. The average molecular weight is 451 g/mol. The number of aliphatic hydroxyl groups excluding tert-OH is 2. The normalized spacial score (nSPS) is 11.5. The molecule has 0 saturated heterocycles. The molecular weight excluding hydrogens is 416 g/mol. The highest BCUT2D eigenvalue weighted by Crippen LogP contribution is 2.35. The van der Waals surface area contributed by atoms with Gasteiger partial charge < -0.3 is 19.7 Å². The van der Waals surface area contributed by atoms with Crippen LogP contribution in [0.3, 0.4) is 0 Å². The zero-order valence-corrected chi connectivity index (χ0v) is 19.7. The van der Waals surface area contributed by atoms with E-state index in [1.54, 1.807) is 24.3 Å². The topological polar surface area (TPSA) is 93.1 Å². The molecule has 7 heteroatoms. The second-order valence-corrected chi connectivity index (χ2v) is 9.15. The maximum Gasteiger partial charge on any atom is 0.206 e. The van der Waals surface area contributed by atoms with E-state index < -0.39 is 9.84 Å². The van der Waals surface area contributed by atoms with Gasteiger partial charge in [0, 0.05) is 0 Å². The number of hydrogen-bond donors (Lipinski definition) is 2. The first-order valence-electron chi connectivity index (χ1n) is 10.9. The second kappa shape index (κ2) is 11.5. The van der Waals surface area contributed by atoms with Gasteiger partial charge in [-0.3, -0.25) is 0 Å². The van der Waals surface area contributed by atoms with E-state index in [2.05, 4.69) is 0 Å². The number of rotatable bonds is 12. The van der Waals surface area contributed by atoms with Crippen molar-refractivity contribution in [1.29, 1.82) is 0 Å². The van der Waals surface area contributed by atoms with Gasteiger partial charge in [-0.1, -0.05) is 27.7 Å². The Morgan fingerprint density at radius 1 is 0.645 bits per heavy atom. The minimum atomic E-state index is -3.75. The molecule has 0 spiro atoms. The summed E-state index contributed by atoms with van der Waals surface area (Å²) in [6.07, 6.45) is 2.47. The lowest BCUT2D eigenvalue weighted by atomic mass is 10.0. The summed E-state index contributed by atoms with van der Waals surface area (Å²) < 4.78 is 38.6. The third kappa shape index (κ3) is 5.59. The molecule has 0 amide bonds. The van der Waals surface area contributed by atoms with Gasteiger partial charge in [0.15, 0.2) is 0 Å². The third-order valence-electron chi connectivity index (χ3n) is 5.25. The SMILES string of the molecule is CCc1cc(S(=O)(=O)c2cc(CC)c(OCCO)c(CC)c2)cc(CC)c1OCCO. The van der Waals surface area contributed by atoms with E-state index in [9.17, 15) is 8.42 Å². The van der Waals surface area contributed by atoms with Crippen LogP contribution in [0.5, 0.6) is 11.5 Å². The van der Waals surface area contributed by atoms with Gasteiger partial charge in [0.2, 0.25) is 9.84 Å². The molecule has 0 aromatic heterocycles. The molecule has 2 aromatic rings. The van der Waals surface area contributed by atoms with Crippen molar-refractivity contribution < 1.29 is 28.1 Å². The van der Waals surface area contributed by atoms with Crippen molar-refractivity contribution in [3.8, 4) is 11.5 Å². The smallest absolute Gasteiger partial charge is 0.206 e. The number of hydrogen-bond acceptors (Lipinski definition) is 6. The zero-order valence-electron chi connectivity index (χ0n) is 18.9. The van der Waals surface area contributed by atoms with Crippen LogP contribution in [0.2, 0.25) is 0 Å². The minimum Gasteiger partial charge on any atom is -0.491 e. The fourth-order valence-electron chi connectivity index (χ4n) is 3.61. The Morgan fingerprint density at radius 2 is 0.935 bits per heavy atom. The Labute approximate surface area is 185 Å². The molecule has 31 heavy (non-hydrogen) atoms. The summed E-state index contributed by atoms with van der Waals surface area (Å²) in [5.74, 6) is 1.32. The van der Waals surface area contributed by atoms with Crippen LogP contribution in [0.4, 0.5) is 0 Å². The summed E-state index contributed by atoms with van der Waals surface area (Å²) >= 11 is 0. The van der Waals surface area contributed by atoms with Crippen LogP contribution in [0, 0.1) is 0 Å². The third-order valence-corrected chi connectivity index (χ3v) is 6.96. The van der Waals surface area contributed by atoms with Gasteiger partial charge in [-0.25, -0.2) is 8.42 Å². The molecule has 0 aliphatic rings. The quantitative estimate of drug-likeness (QED) is 0.514. The van der Waals surface area contributed by atoms with Gasteiger partial charge in [0.1, 0.15) is 24.7 Å². The average Bonchev–Trinajstić information content (AvgIpc) is 2.79. The lowest BCUT2D eigenvalue weighted by molar-refractivity contribution is 0.199. The number of sulfone groups is 1. The van der Waals surface area contributed by atoms with Gasteiger partial charge >= 0.3 is 0 Å². The maximum atomic E-state index is 13.6. The molecule has 2 aromatic carbocycles. The number of benzene rings is 2. The van der Waals surface area contributed by atoms with Gasteiger partial charge in [0.05, 0.1) is 23.0 Å². The van der Waals surface area contributed by atoms with E-state index in [1.807, 2.05) is 27.7 Å². The largest absolute Gasteiger partial charge is 0.491 e. The van der Waals surface area contributed by atoms with Gasteiger partial charge in [-0.2, -0.15) is 0 Å². The zero-order chi connectivity index (χ0) is 23.0. The molecule has 0 atom stereocenters. The monoisotopic (exact) mass is 450 g/mol. The molecule has 0 radical (unpaired) electrons. The van der Waals surface area contributed by atoms with Crippen molar-refractivity contribution in [2.45, 2.75) is 63.2 Å². The first-order chi connectivity index (χ1) is 14.9. The second-order valence-electron chi connectivity index (χ2n) is 7.20. The molecule has 0 heterocycles. The fraction of sp³-hybridized carbons (Fsp3) is 0.500. The van der Waals surface area contributed by atoms with E-state index in [0.29, 0.717) is 37.2 Å². The molecule has 0 saturated carbocycles. The van der Waals surface area contributed by atoms with Crippen LogP contribution in [0.25, 0.3) is 0 Å². The summed E-state index contributed by atoms with van der Waals surface area (Å²) in [6, 6.07) is 6.70. The molecular formula is C24H34O6S. The summed E-state index contributed by atoms with van der Waals surface area (Å²) in [5, 5.41) is 18.2. The molecule has 0 fully saturated rings. The maximum absolute atomic E-state index is 13.6. The molecule has 2 N–H and O–H groups in total. The number of ether oxygens (including phenoxy) is 2. The van der Waals surface area contributed by atoms with Gasteiger partial charge in [-0.05, 0) is 72.2 Å². The van der Waals surface area contributed by atoms with E-state index in [-0.39, 0.29) is 36.2 Å². The van der Waals surface area contributed by atoms with Crippen molar-refractivity contribution in [2.75, 3.05) is 26.4 Å². The molecule has 2 rings (SSSR count). The van der Waals surface area contributed by atoms with Crippen LogP contribution in [-0.2, 0) is 35.5 Å². The molecule has 172 valence electrons. The standard InChI is InChI=1S/C24H34O6S/c1-5-17-13-21(14-18(6-2)23(17)29-11-9-25)31(27,28)22-15-19(7-3)24(30-12-10-26)20(8-4)16-22/h13-16,25-26H,5-12H2,1-4H3. The highest BCUT2D eigenvalue weighted by molar-refractivity contribution is 7.91. The first-order valence-corrected chi connectivity index (χ1v) is 12.4. The van der Waals surface area contributed by atoms with E-state index >= 15 is 0 Å². The Morgan fingerprint density at radius 3 is 1.16 bits per heavy atom. The molecule has 0 unspecified atom stereocenters. The lowest BCUT2D eigenvalue weighted by Crippen LogP contribution is -2.11. The van der Waals surface area contributed by atoms with Crippen molar-refractivity contribution in [3.05, 3.63) is 46.5 Å². The molecule has 0 bridgehead atoms. The van der Waals surface area contributed by atoms with Crippen LogP contribution in [-0.4, -0.2) is 45.1 Å². The molecule has 0 aliphatic heterocycles. The minimum absolute atomic E-state index is 0.101. The predicted octanol–water partition coefficient (Wildman–Crippen LogP) is 3.51. The van der Waals surface area contributed by atoms with Crippen molar-refractivity contribution in [1.82, 2.24) is 0 Å². The van der Waals surface area contributed by atoms with E-state index in [0.717, 1.165) is 22.3 Å². The van der Waals surface area contributed by atoms with Crippen LogP contribution in [0.1, 0.15) is 49.9 Å². The summed E-state index contributed by atoms with van der Waals surface area (Å²) in [7, 11) is -3.75. The summed E-state index contributed by atoms with van der Waals surface area (Å²) in [4.78, 5) is 0.483. The van der Waals surface area contributed by atoms with Crippen LogP contribution in [0.15, 0.2) is 34.1 Å². The fourth-order valence-corrected chi connectivity index (χ4v) is 5.07. The van der Waals surface area contributed by atoms with Crippen LogP contribution < -0.4 is 9.47 Å². The highest BCUT2D eigenvalue weighted by atomic mass is 32.2.